The molecule has 146 valence electrons. The summed E-state index contributed by atoms with van der Waals surface area (Å²) in [5.74, 6) is 1.71. The summed E-state index contributed by atoms with van der Waals surface area (Å²) in [6.07, 6.45) is 3.00. The predicted octanol–water partition coefficient (Wildman–Crippen LogP) is 2.97. The zero-order valence-electron chi connectivity index (χ0n) is 15.1. The van der Waals surface area contributed by atoms with Crippen LogP contribution in [0, 0.1) is 21.6 Å². The van der Waals surface area contributed by atoms with E-state index in [0.717, 1.165) is 46.9 Å². The standard InChI is InChI=1S/C14H14O2.4CHNO/c1-15-13-9-5-3-7-11(13)12-8-4-6-10-14(12)16-2;4*2-1-3/h3-10H,1-2H3;4*2H. The summed E-state index contributed by atoms with van der Waals surface area (Å²) in [6, 6.07) is 15.8. The first-order chi connectivity index (χ1) is 13.5. The maximum absolute atomic E-state index is 8.35. The number of carbonyl (C=O) groups excluding carboxylic acids is 4. The van der Waals surface area contributed by atoms with Crippen LogP contribution in [0.1, 0.15) is 0 Å². The van der Waals surface area contributed by atoms with Crippen molar-refractivity contribution in [2.75, 3.05) is 14.2 Å². The number of hydrogen-bond donors (Lipinski definition) is 4. The molecule has 0 amide bonds. The second-order valence-electron chi connectivity index (χ2n) is 3.81. The van der Waals surface area contributed by atoms with Crippen molar-refractivity contribution < 1.29 is 28.7 Å². The molecule has 0 bridgehead atoms. The molecule has 0 spiro atoms. The molecule has 2 aromatic carbocycles. The molecule has 4 N–H and O–H groups in total. The molecule has 2 rings (SSSR count). The summed E-state index contributed by atoms with van der Waals surface area (Å²) >= 11 is 0. The second-order valence-corrected chi connectivity index (χ2v) is 3.81. The van der Waals surface area contributed by atoms with Crippen molar-refractivity contribution >= 4 is 24.3 Å². The van der Waals surface area contributed by atoms with Gasteiger partial charge in [-0.05, 0) is 12.1 Å². The topological polar surface area (TPSA) is 182 Å². The van der Waals surface area contributed by atoms with Gasteiger partial charge >= 0.3 is 0 Å². The smallest absolute Gasteiger partial charge is 0.231 e. The van der Waals surface area contributed by atoms with E-state index in [9.17, 15) is 0 Å². The molecule has 0 saturated carbocycles. The van der Waals surface area contributed by atoms with Crippen LogP contribution < -0.4 is 9.47 Å². The van der Waals surface area contributed by atoms with Crippen molar-refractivity contribution in [1.29, 1.82) is 21.6 Å². The summed E-state index contributed by atoms with van der Waals surface area (Å²) in [6.45, 7) is 0. The lowest BCUT2D eigenvalue weighted by atomic mass is 10.0. The first-order valence-corrected chi connectivity index (χ1v) is 6.95. The lowest BCUT2D eigenvalue weighted by molar-refractivity contribution is 0.410. The minimum absolute atomic E-state index is 0.750. The Balaban J connectivity index is -0.000000434. The quantitative estimate of drug-likeness (QED) is 0.464. The van der Waals surface area contributed by atoms with E-state index in [1.807, 2.05) is 48.5 Å². The van der Waals surface area contributed by atoms with Gasteiger partial charge in [0.2, 0.25) is 24.3 Å². The van der Waals surface area contributed by atoms with E-state index < -0.39 is 0 Å². The van der Waals surface area contributed by atoms with E-state index in [-0.39, 0.29) is 0 Å². The highest BCUT2D eigenvalue weighted by atomic mass is 16.5. The lowest BCUT2D eigenvalue weighted by Gasteiger charge is -2.11. The Morgan fingerprint density at radius 1 is 0.571 bits per heavy atom. The number of ether oxygens (including phenoxy) is 2. The van der Waals surface area contributed by atoms with Gasteiger partial charge in [0.15, 0.2) is 0 Å². The number of isocyanates is 4. The van der Waals surface area contributed by atoms with E-state index in [0.29, 0.717) is 0 Å². The van der Waals surface area contributed by atoms with Crippen LogP contribution in [0.5, 0.6) is 11.5 Å². The van der Waals surface area contributed by atoms with Crippen LogP contribution in [-0.2, 0) is 19.2 Å². The van der Waals surface area contributed by atoms with Gasteiger partial charge in [0.05, 0.1) is 14.2 Å². The third-order valence-corrected chi connectivity index (χ3v) is 2.50. The fourth-order valence-corrected chi connectivity index (χ4v) is 1.73. The van der Waals surface area contributed by atoms with Gasteiger partial charge in [-0.1, -0.05) is 36.4 Å². The van der Waals surface area contributed by atoms with Gasteiger partial charge in [-0.15, -0.1) is 0 Å². The first-order valence-electron chi connectivity index (χ1n) is 6.95. The summed E-state index contributed by atoms with van der Waals surface area (Å²) in [7, 11) is 3.35. The average Bonchev–Trinajstić information content (AvgIpc) is 2.70. The fraction of sp³-hybridized carbons (Fsp3) is 0.111. The molecule has 0 unspecified atom stereocenters. The van der Waals surface area contributed by atoms with Gasteiger partial charge < -0.3 is 9.47 Å². The van der Waals surface area contributed by atoms with Crippen LogP contribution in [0.3, 0.4) is 0 Å². The van der Waals surface area contributed by atoms with E-state index in [4.69, 9.17) is 50.3 Å². The van der Waals surface area contributed by atoms with Crippen LogP contribution in [0.25, 0.3) is 11.1 Å². The molecular weight excluding hydrogens is 368 g/mol. The summed E-state index contributed by atoms with van der Waals surface area (Å²) < 4.78 is 10.7. The monoisotopic (exact) mass is 386 g/mol. The van der Waals surface area contributed by atoms with Crippen LogP contribution in [0.4, 0.5) is 0 Å². The molecule has 10 heteroatoms. The van der Waals surface area contributed by atoms with Gasteiger partial charge in [0.25, 0.3) is 0 Å². The number of para-hydroxylation sites is 2. The molecule has 0 aliphatic heterocycles. The number of rotatable bonds is 3. The zero-order valence-corrected chi connectivity index (χ0v) is 15.1. The molecule has 0 aromatic heterocycles. The van der Waals surface area contributed by atoms with Crippen LogP contribution in [-0.4, -0.2) is 38.5 Å². The van der Waals surface area contributed by atoms with E-state index >= 15 is 0 Å². The van der Waals surface area contributed by atoms with Gasteiger partial charge in [-0.3, -0.25) is 0 Å². The minimum atomic E-state index is 0.750. The van der Waals surface area contributed by atoms with Gasteiger partial charge in [-0.25, -0.2) is 40.8 Å². The highest BCUT2D eigenvalue weighted by Crippen LogP contribution is 2.35. The fourth-order valence-electron chi connectivity index (χ4n) is 1.73. The van der Waals surface area contributed by atoms with Crippen molar-refractivity contribution in [2.24, 2.45) is 0 Å². The number of nitrogens with one attached hydrogen (secondary N) is 4. The third-order valence-electron chi connectivity index (χ3n) is 2.50. The van der Waals surface area contributed by atoms with Crippen molar-refractivity contribution in [2.45, 2.75) is 0 Å². The van der Waals surface area contributed by atoms with Gasteiger partial charge in [0, 0.05) is 11.1 Å². The highest BCUT2D eigenvalue weighted by molar-refractivity contribution is 5.75. The van der Waals surface area contributed by atoms with E-state index in [1.54, 1.807) is 14.2 Å². The molecule has 28 heavy (non-hydrogen) atoms. The van der Waals surface area contributed by atoms with E-state index in [2.05, 4.69) is 0 Å². The first kappa shape index (κ1) is 28.4. The van der Waals surface area contributed by atoms with E-state index in [1.165, 1.54) is 0 Å². The predicted molar refractivity (Wildman–Crippen MR) is 98.6 cm³/mol. The Morgan fingerprint density at radius 3 is 1.00 bits per heavy atom. The Hall–Kier alpha value is -4.44. The molecule has 0 aliphatic carbocycles. The molecular formula is C18H18N4O6. The SMILES string of the molecule is COc1ccccc1-c1ccccc1OC.N=C=O.N=C=O.N=C=O.N=C=O. The van der Waals surface area contributed by atoms with Crippen LogP contribution in [0.2, 0.25) is 0 Å². The number of hydrogen-bond acceptors (Lipinski definition) is 10. The number of benzene rings is 2. The molecule has 10 nitrogen and oxygen atoms in total. The molecule has 0 aliphatic rings. The van der Waals surface area contributed by atoms with Crippen molar-refractivity contribution in [3.63, 3.8) is 0 Å². The third kappa shape index (κ3) is 13.9. The molecule has 0 saturated heterocycles. The molecule has 0 fully saturated rings. The summed E-state index contributed by atoms with van der Waals surface area (Å²) in [5, 5.41) is 21.6. The van der Waals surface area contributed by atoms with Crippen LogP contribution in [0.15, 0.2) is 48.5 Å². The second kappa shape index (κ2) is 22.6. The summed E-state index contributed by atoms with van der Waals surface area (Å²) in [4.78, 5) is 33.4. The molecule has 2 aromatic rings. The minimum Gasteiger partial charge on any atom is -0.496 e. The Morgan fingerprint density at radius 2 is 0.786 bits per heavy atom. The molecule has 0 heterocycles. The van der Waals surface area contributed by atoms with Gasteiger partial charge in [-0.2, -0.15) is 0 Å². The number of methoxy groups -OCH3 is 2. The normalized spacial score (nSPS) is 6.79. The van der Waals surface area contributed by atoms with Crippen molar-refractivity contribution in [3.05, 3.63) is 48.5 Å². The van der Waals surface area contributed by atoms with Crippen molar-refractivity contribution in [1.82, 2.24) is 0 Å². The maximum atomic E-state index is 8.35. The average molecular weight is 386 g/mol. The molecule has 0 radical (unpaired) electrons. The largest absolute Gasteiger partial charge is 0.496 e. The Labute approximate surface area is 160 Å². The Kier molecular flexibility index (Phi) is 22.9. The zero-order chi connectivity index (χ0) is 22.2. The molecule has 0 atom stereocenters. The lowest BCUT2D eigenvalue weighted by Crippen LogP contribution is -1.90. The van der Waals surface area contributed by atoms with Crippen LogP contribution >= 0.6 is 0 Å². The van der Waals surface area contributed by atoms with Gasteiger partial charge in [0.1, 0.15) is 11.5 Å². The van der Waals surface area contributed by atoms with Crippen molar-refractivity contribution in [3.8, 4) is 22.6 Å². The Bertz CT molecular complexity index is 721. The maximum Gasteiger partial charge on any atom is 0.231 e. The highest BCUT2D eigenvalue weighted by Gasteiger charge is 2.08. The summed E-state index contributed by atoms with van der Waals surface area (Å²) in [5.41, 5.74) is 2.09.